The molecule has 3 heterocycles. The number of methoxy groups -OCH3 is 1. The molecule has 0 bridgehead atoms. The predicted octanol–water partition coefficient (Wildman–Crippen LogP) is 2.39. The maximum Gasteiger partial charge on any atom is 0.283 e. The van der Waals surface area contributed by atoms with Crippen LogP contribution in [0.3, 0.4) is 0 Å². The summed E-state index contributed by atoms with van der Waals surface area (Å²) in [5, 5.41) is 0.513. The number of para-hydroxylation sites is 1. The molecule has 1 unspecified atom stereocenters. The monoisotopic (exact) mass is 356 g/mol. The Morgan fingerprint density at radius 2 is 2.04 bits per heavy atom. The molecule has 0 saturated carbocycles. The van der Waals surface area contributed by atoms with Crippen LogP contribution in [-0.4, -0.2) is 52.1 Å². The Kier molecular flexibility index (Phi) is 4.19. The summed E-state index contributed by atoms with van der Waals surface area (Å²) in [5.74, 6) is 0.640. The van der Waals surface area contributed by atoms with Crippen LogP contribution < -0.4 is 9.47 Å². The van der Waals surface area contributed by atoms with E-state index in [1.807, 2.05) is 24.3 Å². The molecule has 1 aromatic carbocycles. The molecule has 0 N–H and O–H groups in total. The smallest absolute Gasteiger partial charge is 0.283 e. The highest BCUT2D eigenvalue weighted by atomic mass is 32.1. The van der Waals surface area contributed by atoms with Gasteiger partial charge >= 0.3 is 0 Å². The van der Waals surface area contributed by atoms with Gasteiger partial charge in [0, 0.05) is 25.4 Å². The van der Waals surface area contributed by atoms with E-state index in [2.05, 4.69) is 15.0 Å². The van der Waals surface area contributed by atoms with Crippen molar-refractivity contribution in [2.45, 2.75) is 12.5 Å². The van der Waals surface area contributed by atoms with Crippen molar-refractivity contribution in [2.24, 2.45) is 0 Å². The van der Waals surface area contributed by atoms with Crippen molar-refractivity contribution in [1.29, 1.82) is 0 Å². The quantitative estimate of drug-likeness (QED) is 0.714. The second kappa shape index (κ2) is 6.64. The summed E-state index contributed by atoms with van der Waals surface area (Å²) in [5.41, 5.74) is 0.854. The van der Waals surface area contributed by atoms with Gasteiger partial charge in [0.1, 0.15) is 6.10 Å². The lowest BCUT2D eigenvalue weighted by atomic mass is 10.3. The predicted molar refractivity (Wildman–Crippen MR) is 93.1 cm³/mol. The lowest BCUT2D eigenvalue weighted by Gasteiger charge is -2.16. The Bertz CT molecular complexity index is 881. The van der Waals surface area contributed by atoms with E-state index in [1.54, 1.807) is 17.3 Å². The number of nitrogens with zero attached hydrogens (tertiary/aromatic N) is 4. The minimum atomic E-state index is -0.135. The van der Waals surface area contributed by atoms with Crippen LogP contribution in [-0.2, 0) is 0 Å². The maximum atomic E-state index is 12.7. The molecule has 7 nitrogen and oxygen atoms in total. The third-order valence-electron chi connectivity index (χ3n) is 4.01. The number of rotatable bonds is 4. The zero-order valence-corrected chi connectivity index (χ0v) is 14.4. The fourth-order valence-electron chi connectivity index (χ4n) is 2.80. The molecule has 3 aromatic rings. The van der Waals surface area contributed by atoms with Crippen molar-refractivity contribution in [1.82, 2.24) is 19.9 Å². The Labute approximate surface area is 148 Å². The first-order valence-corrected chi connectivity index (χ1v) is 8.73. The van der Waals surface area contributed by atoms with Crippen molar-refractivity contribution in [3.05, 3.63) is 41.7 Å². The Morgan fingerprint density at radius 3 is 2.84 bits per heavy atom. The highest BCUT2D eigenvalue weighted by Gasteiger charge is 2.30. The Hall–Kier alpha value is -2.74. The van der Waals surface area contributed by atoms with Gasteiger partial charge in [-0.15, -0.1) is 11.3 Å². The van der Waals surface area contributed by atoms with E-state index in [9.17, 15) is 4.79 Å². The van der Waals surface area contributed by atoms with Crippen molar-refractivity contribution in [3.8, 4) is 11.8 Å². The number of hydrogen-bond acceptors (Lipinski definition) is 7. The fourth-order valence-corrected chi connectivity index (χ4v) is 3.73. The van der Waals surface area contributed by atoms with Crippen LogP contribution in [0.25, 0.3) is 10.2 Å². The van der Waals surface area contributed by atoms with Gasteiger partial charge in [-0.25, -0.2) is 15.0 Å². The van der Waals surface area contributed by atoms with E-state index < -0.39 is 0 Å². The summed E-state index contributed by atoms with van der Waals surface area (Å²) in [6.07, 6.45) is 3.69. The van der Waals surface area contributed by atoms with E-state index in [-0.39, 0.29) is 12.0 Å². The van der Waals surface area contributed by atoms with Gasteiger partial charge < -0.3 is 14.4 Å². The van der Waals surface area contributed by atoms with E-state index >= 15 is 0 Å². The molecule has 1 aliphatic rings. The van der Waals surface area contributed by atoms with Crippen LogP contribution >= 0.6 is 11.3 Å². The number of thiazole rings is 1. The third-order valence-corrected chi connectivity index (χ3v) is 5.04. The molecule has 25 heavy (non-hydrogen) atoms. The van der Waals surface area contributed by atoms with Crippen molar-refractivity contribution in [2.75, 3.05) is 20.2 Å². The summed E-state index contributed by atoms with van der Waals surface area (Å²) in [6.45, 7) is 1.12. The second-order valence-electron chi connectivity index (χ2n) is 5.64. The van der Waals surface area contributed by atoms with E-state index in [4.69, 9.17) is 9.47 Å². The van der Waals surface area contributed by atoms with Gasteiger partial charge in [0.05, 0.1) is 23.9 Å². The molecular formula is C17H16N4O3S. The average molecular weight is 356 g/mol. The minimum Gasteiger partial charge on any atom is -0.477 e. The number of amides is 1. The first-order chi connectivity index (χ1) is 12.2. The van der Waals surface area contributed by atoms with Gasteiger partial charge in [0.2, 0.25) is 0 Å². The Morgan fingerprint density at radius 1 is 1.24 bits per heavy atom. The number of aromatic nitrogens is 3. The Balaban J connectivity index is 1.45. The fraction of sp³-hybridized carbons (Fsp3) is 0.294. The van der Waals surface area contributed by atoms with Gasteiger partial charge in [0.15, 0.2) is 5.01 Å². The molecule has 4 rings (SSSR count). The second-order valence-corrected chi connectivity index (χ2v) is 6.67. The van der Waals surface area contributed by atoms with Gasteiger partial charge in [0.25, 0.3) is 17.7 Å². The van der Waals surface area contributed by atoms with Gasteiger partial charge in [-0.2, -0.15) is 0 Å². The standard InChI is InChI=1S/C17H16N4O3S/c1-23-14-15(19-8-7-18-14)24-11-6-9-21(10-11)17(22)16-20-12-4-2-3-5-13(12)25-16/h2-5,7-8,11H,6,9-10H2,1H3. The summed E-state index contributed by atoms with van der Waals surface area (Å²) in [4.78, 5) is 27.1. The maximum absolute atomic E-state index is 12.7. The molecule has 1 fully saturated rings. The molecule has 2 aromatic heterocycles. The largest absolute Gasteiger partial charge is 0.477 e. The van der Waals surface area contributed by atoms with Crippen molar-refractivity contribution in [3.63, 3.8) is 0 Å². The first kappa shape index (κ1) is 15.8. The van der Waals surface area contributed by atoms with Gasteiger partial charge in [-0.3, -0.25) is 4.79 Å². The van der Waals surface area contributed by atoms with Crippen molar-refractivity contribution < 1.29 is 14.3 Å². The van der Waals surface area contributed by atoms with E-state index in [0.717, 1.165) is 16.6 Å². The molecule has 0 spiro atoms. The van der Waals surface area contributed by atoms with E-state index in [1.165, 1.54) is 18.4 Å². The SMILES string of the molecule is COc1nccnc1OC1CCN(C(=O)c2nc3ccccc3s2)C1. The molecule has 1 aliphatic heterocycles. The zero-order chi connectivity index (χ0) is 17.2. The number of ether oxygens (including phenoxy) is 2. The van der Waals surface area contributed by atoms with Gasteiger partial charge in [-0.1, -0.05) is 12.1 Å². The number of fused-ring (bicyclic) bond motifs is 1. The van der Waals surface area contributed by atoms with Crippen LogP contribution in [0, 0.1) is 0 Å². The molecular weight excluding hydrogens is 340 g/mol. The average Bonchev–Trinajstić information content (AvgIpc) is 3.28. The molecule has 1 saturated heterocycles. The lowest BCUT2D eigenvalue weighted by molar-refractivity contribution is 0.0770. The molecule has 1 amide bonds. The summed E-state index contributed by atoms with van der Waals surface area (Å²) >= 11 is 1.42. The minimum absolute atomic E-state index is 0.0570. The number of likely N-dealkylation sites (tertiary alicyclic amines) is 1. The summed E-state index contributed by atoms with van der Waals surface area (Å²) in [7, 11) is 1.52. The van der Waals surface area contributed by atoms with Crippen LogP contribution in [0.5, 0.6) is 11.8 Å². The van der Waals surface area contributed by atoms with Crippen LogP contribution in [0.1, 0.15) is 16.2 Å². The van der Waals surface area contributed by atoms with Crippen LogP contribution in [0.4, 0.5) is 0 Å². The molecule has 0 aliphatic carbocycles. The molecule has 8 heteroatoms. The van der Waals surface area contributed by atoms with Gasteiger partial charge in [-0.05, 0) is 12.1 Å². The van der Waals surface area contributed by atoms with Crippen LogP contribution in [0.15, 0.2) is 36.7 Å². The zero-order valence-electron chi connectivity index (χ0n) is 13.6. The number of carbonyl (C=O) groups is 1. The molecule has 0 radical (unpaired) electrons. The summed E-state index contributed by atoms with van der Waals surface area (Å²) in [6, 6.07) is 7.76. The lowest BCUT2D eigenvalue weighted by Crippen LogP contribution is -2.31. The normalized spacial score (nSPS) is 17.0. The topological polar surface area (TPSA) is 77.4 Å². The van der Waals surface area contributed by atoms with Crippen molar-refractivity contribution >= 4 is 27.5 Å². The van der Waals surface area contributed by atoms with Crippen LogP contribution in [0.2, 0.25) is 0 Å². The number of hydrogen-bond donors (Lipinski definition) is 0. The highest BCUT2D eigenvalue weighted by Crippen LogP contribution is 2.26. The highest BCUT2D eigenvalue weighted by molar-refractivity contribution is 7.20. The summed E-state index contributed by atoms with van der Waals surface area (Å²) < 4.78 is 12.0. The third kappa shape index (κ3) is 3.12. The molecule has 128 valence electrons. The number of carbonyl (C=O) groups excluding carboxylic acids is 1. The number of benzene rings is 1. The molecule has 1 atom stereocenters. The van der Waals surface area contributed by atoms with E-state index in [0.29, 0.717) is 29.9 Å². The first-order valence-electron chi connectivity index (χ1n) is 7.91.